The lowest BCUT2D eigenvalue weighted by molar-refractivity contribution is 0.0665. The molecule has 0 aromatic heterocycles. The standard InChI is InChI=1S/C17H24ClN3O3/c1-3-7-19-17(23)21-10-8-20(9-11-21)16(22)13-5-6-15(24-4-2)14(18)12-13/h5-6,12H,3-4,7-11H2,1-2H3,(H,19,23). The van der Waals surface area contributed by atoms with Crippen LogP contribution in [0.3, 0.4) is 0 Å². The van der Waals surface area contributed by atoms with Crippen molar-refractivity contribution in [3.05, 3.63) is 28.8 Å². The van der Waals surface area contributed by atoms with Gasteiger partial charge >= 0.3 is 6.03 Å². The van der Waals surface area contributed by atoms with E-state index in [-0.39, 0.29) is 11.9 Å². The third-order valence-electron chi connectivity index (χ3n) is 3.86. The van der Waals surface area contributed by atoms with Crippen molar-refractivity contribution in [3.8, 4) is 5.75 Å². The highest BCUT2D eigenvalue weighted by Crippen LogP contribution is 2.26. The Morgan fingerprint density at radius 2 is 1.83 bits per heavy atom. The van der Waals surface area contributed by atoms with Crippen LogP contribution in [0.2, 0.25) is 5.02 Å². The number of nitrogens with one attached hydrogen (secondary N) is 1. The number of ether oxygens (including phenoxy) is 1. The molecule has 0 unspecified atom stereocenters. The maximum atomic E-state index is 12.6. The van der Waals surface area contributed by atoms with Gasteiger partial charge < -0.3 is 19.9 Å². The Morgan fingerprint density at radius 1 is 1.17 bits per heavy atom. The number of carbonyl (C=O) groups is 2. The Balaban J connectivity index is 1.93. The van der Waals surface area contributed by atoms with E-state index in [0.717, 1.165) is 6.42 Å². The molecule has 0 bridgehead atoms. The van der Waals surface area contributed by atoms with E-state index in [1.165, 1.54) is 0 Å². The van der Waals surface area contributed by atoms with Gasteiger partial charge in [-0.3, -0.25) is 4.79 Å². The molecule has 1 aliphatic heterocycles. The second-order valence-electron chi connectivity index (χ2n) is 5.59. The van der Waals surface area contributed by atoms with Gasteiger partial charge in [-0.25, -0.2) is 4.79 Å². The number of nitrogens with zero attached hydrogens (tertiary/aromatic N) is 2. The Morgan fingerprint density at radius 3 is 2.42 bits per heavy atom. The normalized spacial score (nSPS) is 14.5. The zero-order valence-corrected chi connectivity index (χ0v) is 14.9. The van der Waals surface area contributed by atoms with Gasteiger partial charge in [0.2, 0.25) is 0 Å². The summed E-state index contributed by atoms with van der Waals surface area (Å²) < 4.78 is 5.38. The Kier molecular flexibility index (Phi) is 6.73. The Hall–Kier alpha value is -1.95. The summed E-state index contributed by atoms with van der Waals surface area (Å²) in [5.41, 5.74) is 0.535. The molecule has 1 fully saturated rings. The van der Waals surface area contributed by atoms with Crippen molar-refractivity contribution in [2.45, 2.75) is 20.3 Å². The molecule has 1 aromatic rings. The second kappa shape index (κ2) is 8.78. The number of carbonyl (C=O) groups excluding carboxylic acids is 2. The summed E-state index contributed by atoms with van der Waals surface area (Å²) in [7, 11) is 0. The maximum Gasteiger partial charge on any atom is 0.317 e. The van der Waals surface area contributed by atoms with E-state index in [9.17, 15) is 9.59 Å². The summed E-state index contributed by atoms with van der Waals surface area (Å²) in [6.45, 7) is 7.19. The molecule has 7 heteroatoms. The number of hydrogen-bond acceptors (Lipinski definition) is 3. The molecule has 1 saturated heterocycles. The Labute approximate surface area is 147 Å². The summed E-state index contributed by atoms with van der Waals surface area (Å²) in [6, 6.07) is 5.01. The lowest BCUT2D eigenvalue weighted by Gasteiger charge is -2.34. The summed E-state index contributed by atoms with van der Waals surface area (Å²) in [6.07, 6.45) is 0.905. The first-order valence-corrected chi connectivity index (χ1v) is 8.69. The fourth-order valence-electron chi connectivity index (χ4n) is 2.55. The van der Waals surface area contributed by atoms with Gasteiger partial charge in [0.1, 0.15) is 5.75 Å². The van der Waals surface area contributed by atoms with Crippen LogP contribution in [-0.4, -0.2) is 61.1 Å². The monoisotopic (exact) mass is 353 g/mol. The van der Waals surface area contributed by atoms with Crippen molar-refractivity contribution in [3.63, 3.8) is 0 Å². The first kappa shape index (κ1) is 18.4. The molecule has 0 saturated carbocycles. The van der Waals surface area contributed by atoms with E-state index in [2.05, 4.69) is 5.32 Å². The summed E-state index contributed by atoms with van der Waals surface area (Å²) >= 11 is 6.15. The zero-order chi connectivity index (χ0) is 17.5. The molecule has 6 nitrogen and oxygen atoms in total. The third kappa shape index (κ3) is 4.54. The largest absolute Gasteiger partial charge is 0.492 e. The first-order chi connectivity index (χ1) is 11.6. The van der Waals surface area contributed by atoms with Gasteiger partial charge in [-0.1, -0.05) is 18.5 Å². The van der Waals surface area contributed by atoms with Crippen LogP contribution in [-0.2, 0) is 0 Å². The quantitative estimate of drug-likeness (QED) is 0.885. The number of benzene rings is 1. The van der Waals surface area contributed by atoms with Crippen molar-refractivity contribution in [1.82, 2.24) is 15.1 Å². The van der Waals surface area contributed by atoms with Crippen molar-refractivity contribution in [2.24, 2.45) is 0 Å². The predicted octanol–water partition coefficient (Wildman–Crippen LogP) is 2.62. The predicted molar refractivity (Wildman–Crippen MR) is 93.8 cm³/mol. The smallest absolute Gasteiger partial charge is 0.317 e. The molecule has 1 aliphatic rings. The molecular formula is C17H24ClN3O3. The average Bonchev–Trinajstić information content (AvgIpc) is 2.61. The van der Waals surface area contributed by atoms with Gasteiger partial charge in [0.25, 0.3) is 5.91 Å². The SMILES string of the molecule is CCCNC(=O)N1CCN(C(=O)c2ccc(OCC)c(Cl)c2)CC1. The lowest BCUT2D eigenvalue weighted by Crippen LogP contribution is -2.53. The first-order valence-electron chi connectivity index (χ1n) is 8.31. The molecule has 0 aliphatic carbocycles. The molecule has 24 heavy (non-hydrogen) atoms. The number of piperazine rings is 1. The summed E-state index contributed by atoms with van der Waals surface area (Å²) in [5.74, 6) is 0.502. The summed E-state index contributed by atoms with van der Waals surface area (Å²) in [5, 5.41) is 3.29. The van der Waals surface area contributed by atoms with Crippen LogP contribution >= 0.6 is 11.6 Å². The average molecular weight is 354 g/mol. The molecule has 2 rings (SSSR count). The molecule has 1 N–H and O–H groups in total. The maximum absolute atomic E-state index is 12.6. The van der Waals surface area contributed by atoms with Crippen LogP contribution in [0.15, 0.2) is 18.2 Å². The van der Waals surface area contributed by atoms with Gasteiger partial charge in [-0.05, 0) is 31.5 Å². The van der Waals surface area contributed by atoms with Gasteiger partial charge in [0, 0.05) is 38.3 Å². The highest BCUT2D eigenvalue weighted by molar-refractivity contribution is 6.32. The topological polar surface area (TPSA) is 61.9 Å². The number of rotatable bonds is 5. The van der Waals surface area contributed by atoms with E-state index >= 15 is 0 Å². The van der Waals surface area contributed by atoms with Crippen LogP contribution in [0.4, 0.5) is 4.79 Å². The van der Waals surface area contributed by atoms with Crippen molar-refractivity contribution in [2.75, 3.05) is 39.3 Å². The molecule has 0 radical (unpaired) electrons. The molecule has 3 amide bonds. The number of urea groups is 1. The highest BCUT2D eigenvalue weighted by atomic mass is 35.5. The third-order valence-corrected chi connectivity index (χ3v) is 4.15. The van der Waals surface area contributed by atoms with Gasteiger partial charge in [0.05, 0.1) is 11.6 Å². The molecule has 132 valence electrons. The molecule has 0 atom stereocenters. The van der Waals surface area contributed by atoms with E-state index in [1.807, 2.05) is 13.8 Å². The minimum Gasteiger partial charge on any atom is -0.492 e. The van der Waals surface area contributed by atoms with E-state index in [4.69, 9.17) is 16.3 Å². The van der Waals surface area contributed by atoms with Gasteiger partial charge in [-0.2, -0.15) is 0 Å². The van der Waals surface area contributed by atoms with E-state index < -0.39 is 0 Å². The minimum atomic E-state index is -0.0754. The van der Waals surface area contributed by atoms with Crippen molar-refractivity contribution in [1.29, 1.82) is 0 Å². The Bertz CT molecular complexity index is 586. The van der Waals surface area contributed by atoms with Crippen LogP contribution in [0.5, 0.6) is 5.75 Å². The van der Waals surface area contributed by atoms with Crippen LogP contribution < -0.4 is 10.1 Å². The summed E-state index contributed by atoms with van der Waals surface area (Å²) in [4.78, 5) is 28.0. The van der Waals surface area contributed by atoms with Crippen molar-refractivity contribution < 1.29 is 14.3 Å². The number of amides is 3. The van der Waals surface area contributed by atoms with Crippen molar-refractivity contribution >= 4 is 23.5 Å². The molecule has 0 spiro atoms. The highest BCUT2D eigenvalue weighted by Gasteiger charge is 2.25. The number of hydrogen-bond donors (Lipinski definition) is 1. The van der Waals surface area contributed by atoms with Gasteiger partial charge in [-0.15, -0.1) is 0 Å². The van der Waals surface area contributed by atoms with Gasteiger partial charge in [0.15, 0.2) is 0 Å². The lowest BCUT2D eigenvalue weighted by atomic mass is 10.1. The van der Waals surface area contributed by atoms with Crippen LogP contribution in [0.25, 0.3) is 0 Å². The minimum absolute atomic E-state index is 0.0620. The number of halogens is 1. The fraction of sp³-hybridized carbons (Fsp3) is 0.529. The molecule has 1 heterocycles. The van der Waals surface area contributed by atoms with Crippen LogP contribution in [0.1, 0.15) is 30.6 Å². The second-order valence-corrected chi connectivity index (χ2v) is 6.00. The zero-order valence-electron chi connectivity index (χ0n) is 14.2. The fourth-order valence-corrected chi connectivity index (χ4v) is 2.78. The van der Waals surface area contributed by atoms with E-state index in [0.29, 0.717) is 55.7 Å². The van der Waals surface area contributed by atoms with Crippen LogP contribution in [0, 0.1) is 0 Å². The molecular weight excluding hydrogens is 330 g/mol. The molecule has 1 aromatic carbocycles. The van der Waals surface area contributed by atoms with E-state index in [1.54, 1.807) is 28.0 Å².